The molecular weight excluding hydrogens is 304 g/mol. The fraction of sp³-hybridized carbons (Fsp3) is 0.778. The maximum absolute atomic E-state index is 5.61. The van der Waals surface area contributed by atoms with Crippen LogP contribution in [0, 0.1) is 0 Å². The van der Waals surface area contributed by atoms with E-state index in [1.165, 1.54) is 11.3 Å². The van der Waals surface area contributed by atoms with Crippen molar-refractivity contribution in [3.05, 3.63) is 17.1 Å². The van der Waals surface area contributed by atoms with Gasteiger partial charge in [0.2, 0.25) is 0 Å². The predicted octanol–water partition coefficient (Wildman–Crippen LogP) is 1.66. The molecule has 0 spiro atoms. The normalized spacial score (nSPS) is 22.3. The van der Waals surface area contributed by atoms with Crippen LogP contribution in [0.25, 0.3) is 0 Å². The van der Waals surface area contributed by atoms with E-state index in [-0.39, 0.29) is 0 Å². The van der Waals surface area contributed by atoms with Gasteiger partial charge in [0.25, 0.3) is 0 Å². The molecule has 0 amide bonds. The highest BCUT2D eigenvalue weighted by atomic mass is 16.5. The van der Waals surface area contributed by atoms with Gasteiger partial charge >= 0.3 is 0 Å². The first kappa shape index (κ1) is 17.6. The molecule has 2 aliphatic rings. The fourth-order valence-corrected chi connectivity index (χ4v) is 3.58. The standard InChI is InChI=1S/C18H30N4O2/c1-4-24-13-17-19-16-8-11-21(2)10-7-15(16)18(20-17)22-9-5-6-14(12-22)23-3/h14H,4-13H2,1-3H3/t14-/m0/s1. The van der Waals surface area contributed by atoms with Crippen molar-refractivity contribution >= 4 is 5.82 Å². The van der Waals surface area contributed by atoms with Crippen molar-refractivity contribution in [1.82, 2.24) is 14.9 Å². The van der Waals surface area contributed by atoms with Gasteiger partial charge in [-0.25, -0.2) is 9.97 Å². The van der Waals surface area contributed by atoms with Crippen molar-refractivity contribution < 1.29 is 9.47 Å². The van der Waals surface area contributed by atoms with E-state index in [9.17, 15) is 0 Å². The second kappa shape index (κ2) is 8.23. The van der Waals surface area contributed by atoms with E-state index in [1.54, 1.807) is 0 Å². The highest BCUT2D eigenvalue weighted by Gasteiger charge is 2.26. The summed E-state index contributed by atoms with van der Waals surface area (Å²) < 4.78 is 11.2. The summed E-state index contributed by atoms with van der Waals surface area (Å²) in [4.78, 5) is 14.5. The van der Waals surface area contributed by atoms with Gasteiger partial charge in [0.15, 0.2) is 5.82 Å². The molecule has 6 nitrogen and oxygen atoms in total. The van der Waals surface area contributed by atoms with Crippen LogP contribution in [-0.2, 0) is 28.9 Å². The molecule has 0 N–H and O–H groups in total. The summed E-state index contributed by atoms with van der Waals surface area (Å²) in [6, 6.07) is 0. The molecule has 3 rings (SSSR count). The van der Waals surface area contributed by atoms with Crippen molar-refractivity contribution in [2.75, 3.05) is 51.8 Å². The van der Waals surface area contributed by atoms with Gasteiger partial charge in [-0.15, -0.1) is 0 Å². The van der Waals surface area contributed by atoms with E-state index in [0.717, 1.165) is 63.5 Å². The minimum absolute atomic E-state index is 0.299. The topological polar surface area (TPSA) is 50.7 Å². The fourth-order valence-electron chi connectivity index (χ4n) is 3.58. The number of likely N-dealkylation sites (N-methyl/N-ethyl adjacent to an activating group) is 1. The largest absolute Gasteiger partial charge is 0.380 e. The number of fused-ring (bicyclic) bond motifs is 1. The number of hydrogen-bond acceptors (Lipinski definition) is 6. The van der Waals surface area contributed by atoms with Gasteiger partial charge < -0.3 is 19.3 Å². The molecule has 2 aliphatic heterocycles. The minimum atomic E-state index is 0.299. The summed E-state index contributed by atoms with van der Waals surface area (Å²) in [5.74, 6) is 1.93. The second-order valence-corrected chi connectivity index (χ2v) is 6.78. The van der Waals surface area contributed by atoms with Crippen LogP contribution in [0.4, 0.5) is 5.82 Å². The highest BCUT2D eigenvalue weighted by molar-refractivity contribution is 5.50. The molecule has 0 aliphatic carbocycles. The van der Waals surface area contributed by atoms with Crippen LogP contribution in [0.3, 0.4) is 0 Å². The molecule has 3 heterocycles. The first-order valence-corrected chi connectivity index (χ1v) is 9.14. The summed E-state index contributed by atoms with van der Waals surface area (Å²) in [6.45, 7) is 7.28. The van der Waals surface area contributed by atoms with Gasteiger partial charge in [0.1, 0.15) is 12.4 Å². The summed E-state index contributed by atoms with van der Waals surface area (Å²) in [7, 11) is 3.99. The number of anilines is 1. The zero-order valence-corrected chi connectivity index (χ0v) is 15.3. The molecule has 0 bridgehead atoms. The third-order valence-electron chi connectivity index (χ3n) is 5.04. The average Bonchev–Trinajstić information content (AvgIpc) is 2.81. The van der Waals surface area contributed by atoms with Crippen LogP contribution >= 0.6 is 0 Å². The van der Waals surface area contributed by atoms with Crippen molar-refractivity contribution in [3.63, 3.8) is 0 Å². The van der Waals surface area contributed by atoms with Crippen LogP contribution in [0.1, 0.15) is 36.8 Å². The van der Waals surface area contributed by atoms with Crippen molar-refractivity contribution in [3.8, 4) is 0 Å². The number of nitrogens with zero attached hydrogens (tertiary/aromatic N) is 4. The van der Waals surface area contributed by atoms with E-state index in [2.05, 4.69) is 16.8 Å². The maximum atomic E-state index is 5.61. The molecular formula is C18H30N4O2. The lowest BCUT2D eigenvalue weighted by Crippen LogP contribution is -2.40. The molecule has 0 radical (unpaired) electrons. The summed E-state index contributed by atoms with van der Waals surface area (Å²) in [5.41, 5.74) is 2.54. The molecule has 24 heavy (non-hydrogen) atoms. The molecule has 1 saturated heterocycles. The molecule has 1 aromatic heterocycles. The first-order valence-electron chi connectivity index (χ1n) is 9.14. The Bertz CT molecular complexity index is 552. The van der Waals surface area contributed by atoms with Gasteiger partial charge in [-0.3, -0.25) is 0 Å². The minimum Gasteiger partial charge on any atom is -0.380 e. The Morgan fingerprint density at radius 3 is 2.79 bits per heavy atom. The number of ether oxygens (including phenoxy) is 2. The Hall–Kier alpha value is -1.24. The Labute approximate surface area is 145 Å². The SMILES string of the molecule is CCOCc1nc2c(c(N3CCC[C@H](OC)C3)n1)CCN(C)CC2. The lowest BCUT2D eigenvalue weighted by atomic mass is 10.0. The Balaban J connectivity index is 1.92. The van der Waals surface area contributed by atoms with Crippen LogP contribution in [-0.4, -0.2) is 67.9 Å². The Morgan fingerprint density at radius 2 is 2.00 bits per heavy atom. The summed E-state index contributed by atoms with van der Waals surface area (Å²) in [5, 5.41) is 0. The Morgan fingerprint density at radius 1 is 1.17 bits per heavy atom. The average molecular weight is 334 g/mol. The third kappa shape index (κ3) is 4.05. The number of aromatic nitrogens is 2. The zero-order chi connectivity index (χ0) is 16.9. The molecule has 0 aromatic carbocycles. The van der Waals surface area contributed by atoms with Gasteiger partial charge in [0.05, 0.1) is 11.8 Å². The van der Waals surface area contributed by atoms with E-state index >= 15 is 0 Å². The molecule has 0 unspecified atom stereocenters. The van der Waals surface area contributed by atoms with Crippen LogP contribution < -0.4 is 4.90 Å². The van der Waals surface area contributed by atoms with E-state index in [0.29, 0.717) is 19.3 Å². The molecule has 1 atom stereocenters. The molecule has 6 heteroatoms. The van der Waals surface area contributed by atoms with Gasteiger partial charge in [0, 0.05) is 51.9 Å². The van der Waals surface area contributed by atoms with E-state index < -0.39 is 0 Å². The number of hydrogen-bond donors (Lipinski definition) is 0. The third-order valence-corrected chi connectivity index (χ3v) is 5.04. The molecule has 1 fully saturated rings. The van der Waals surface area contributed by atoms with Crippen molar-refractivity contribution in [2.45, 2.75) is 45.3 Å². The van der Waals surface area contributed by atoms with Crippen molar-refractivity contribution in [2.24, 2.45) is 0 Å². The first-order chi connectivity index (χ1) is 11.7. The summed E-state index contributed by atoms with van der Waals surface area (Å²) in [6.07, 6.45) is 4.59. The van der Waals surface area contributed by atoms with E-state index in [1.807, 2.05) is 14.0 Å². The molecule has 134 valence electrons. The Kier molecular flexibility index (Phi) is 6.03. The maximum Gasteiger partial charge on any atom is 0.156 e. The van der Waals surface area contributed by atoms with Crippen LogP contribution in [0.5, 0.6) is 0 Å². The molecule has 1 aromatic rings. The quantitative estimate of drug-likeness (QED) is 0.816. The molecule has 0 saturated carbocycles. The van der Waals surface area contributed by atoms with Gasteiger partial charge in [-0.2, -0.15) is 0 Å². The van der Waals surface area contributed by atoms with Crippen LogP contribution in [0.15, 0.2) is 0 Å². The number of piperidine rings is 1. The highest BCUT2D eigenvalue weighted by Crippen LogP contribution is 2.27. The van der Waals surface area contributed by atoms with Crippen molar-refractivity contribution in [1.29, 1.82) is 0 Å². The lowest BCUT2D eigenvalue weighted by Gasteiger charge is -2.34. The smallest absolute Gasteiger partial charge is 0.156 e. The van der Waals surface area contributed by atoms with Crippen LogP contribution in [0.2, 0.25) is 0 Å². The van der Waals surface area contributed by atoms with E-state index in [4.69, 9.17) is 19.4 Å². The lowest BCUT2D eigenvalue weighted by molar-refractivity contribution is 0.0890. The zero-order valence-electron chi connectivity index (χ0n) is 15.3. The van der Waals surface area contributed by atoms with Gasteiger partial charge in [-0.05, 0) is 33.2 Å². The number of rotatable bonds is 5. The number of methoxy groups -OCH3 is 1. The summed E-state index contributed by atoms with van der Waals surface area (Å²) >= 11 is 0. The van der Waals surface area contributed by atoms with Gasteiger partial charge in [-0.1, -0.05) is 0 Å². The second-order valence-electron chi connectivity index (χ2n) is 6.78. The predicted molar refractivity (Wildman–Crippen MR) is 94.5 cm³/mol. The monoisotopic (exact) mass is 334 g/mol.